The predicted molar refractivity (Wildman–Crippen MR) is 134 cm³/mol. The van der Waals surface area contributed by atoms with Gasteiger partial charge in [0, 0.05) is 28.7 Å². The summed E-state index contributed by atoms with van der Waals surface area (Å²) in [5.41, 5.74) is 3.91. The molecule has 164 valence electrons. The van der Waals surface area contributed by atoms with Gasteiger partial charge in [-0.25, -0.2) is 0 Å². The highest BCUT2D eigenvalue weighted by atomic mass is 15.2. The van der Waals surface area contributed by atoms with Crippen LogP contribution in [0.2, 0.25) is 0 Å². The first kappa shape index (κ1) is 21.1. The standard InChI is InChI=1S/C17H25N.C12H8N2/c1-4-10-16(11-5-1)17(12-6-2-7-13-17)18-14-8-3-9-15-18;1-3-9-5-6-10-4-2-8-14-12(10)11(9)13-7-1/h1,4-5,10-11H,2-3,6-9,12-15H2;1-8H. The average Bonchev–Trinajstić information content (AvgIpc) is 2.90. The maximum Gasteiger partial charge on any atom is 0.0964 e. The topological polar surface area (TPSA) is 29.0 Å². The van der Waals surface area contributed by atoms with Gasteiger partial charge in [-0.05, 0) is 56.5 Å². The highest BCUT2D eigenvalue weighted by Crippen LogP contribution is 2.43. The van der Waals surface area contributed by atoms with E-state index in [0.29, 0.717) is 5.54 Å². The summed E-state index contributed by atoms with van der Waals surface area (Å²) in [6.45, 7) is 2.63. The number of piperidine rings is 1. The molecule has 0 bridgehead atoms. The SMILES string of the molecule is c1ccc(C2(N3CCCCC3)CCCCC2)cc1.c1cnc2c(c1)ccc1cccnc12. The first-order chi connectivity index (χ1) is 15.9. The lowest BCUT2D eigenvalue weighted by Crippen LogP contribution is -2.49. The smallest absolute Gasteiger partial charge is 0.0964 e. The molecule has 1 aliphatic carbocycles. The molecule has 0 amide bonds. The number of pyridine rings is 2. The lowest BCUT2D eigenvalue weighted by atomic mass is 9.74. The minimum atomic E-state index is 0.375. The minimum absolute atomic E-state index is 0.375. The van der Waals surface area contributed by atoms with E-state index in [9.17, 15) is 0 Å². The molecular weight excluding hydrogens is 390 g/mol. The van der Waals surface area contributed by atoms with Crippen LogP contribution in [-0.2, 0) is 5.54 Å². The van der Waals surface area contributed by atoms with Crippen LogP contribution in [0.5, 0.6) is 0 Å². The first-order valence-corrected chi connectivity index (χ1v) is 12.3. The van der Waals surface area contributed by atoms with E-state index in [1.807, 2.05) is 12.1 Å². The molecule has 3 heterocycles. The summed E-state index contributed by atoms with van der Waals surface area (Å²) in [5, 5.41) is 2.28. The van der Waals surface area contributed by atoms with Crippen LogP contribution in [0, 0.1) is 0 Å². The van der Waals surface area contributed by atoms with Crippen molar-refractivity contribution in [2.75, 3.05) is 13.1 Å². The van der Waals surface area contributed by atoms with Crippen LogP contribution >= 0.6 is 0 Å². The Morgan fingerprint density at radius 3 is 1.72 bits per heavy atom. The van der Waals surface area contributed by atoms with Crippen molar-refractivity contribution in [3.05, 3.63) is 84.7 Å². The Kier molecular flexibility index (Phi) is 6.45. The molecule has 0 unspecified atom stereocenters. The Hall–Kier alpha value is -2.78. The van der Waals surface area contributed by atoms with Gasteiger partial charge in [0.2, 0.25) is 0 Å². The molecule has 0 N–H and O–H groups in total. The summed E-state index contributed by atoms with van der Waals surface area (Å²) in [6.07, 6.45) is 14.8. The maximum absolute atomic E-state index is 4.35. The Balaban J connectivity index is 0.000000139. The van der Waals surface area contributed by atoms with Crippen LogP contribution in [0.4, 0.5) is 0 Å². The number of hydrogen-bond donors (Lipinski definition) is 0. The van der Waals surface area contributed by atoms with Crippen molar-refractivity contribution >= 4 is 21.8 Å². The Morgan fingerprint density at radius 2 is 1.12 bits per heavy atom. The van der Waals surface area contributed by atoms with Crippen LogP contribution in [-0.4, -0.2) is 28.0 Å². The van der Waals surface area contributed by atoms with Gasteiger partial charge in [-0.1, -0.05) is 80.3 Å². The third kappa shape index (κ3) is 4.27. The Morgan fingerprint density at radius 1 is 0.562 bits per heavy atom. The van der Waals surface area contributed by atoms with Crippen LogP contribution in [0.15, 0.2) is 79.1 Å². The molecule has 1 aliphatic heterocycles. The molecule has 3 nitrogen and oxygen atoms in total. The van der Waals surface area contributed by atoms with E-state index < -0.39 is 0 Å². The molecule has 2 aromatic heterocycles. The average molecular weight is 424 g/mol. The Bertz CT molecular complexity index is 1090. The summed E-state index contributed by atoms with van der Waals surface area (Å²) in [5.74, 6) is 0. The number of hydrogen-bond acceptors (Lipinski definition) is 3. The van der Waals surface area contributed by atoms with E-state index in [1.54, 1.807) is 18.0 Å². The zero-order valence-corrected chi connectivity index (χ0v) is 18.9. The lowest BCUT2D eigenvalue weighted by Gasteiger charge is -2.48. The second kappa shape index (κ2) is 9.79. The van der Waals surface area contributed by atoms with E-state index in [0.717, 1.165) is 21.8 Å². The summed E-state index contributed by atoms with van der Waals surface area (Å²) < 4.78 is 0. The molecule has 4 aromatic rings. The third-order valence-corrected chi connectivity index (χ3v) is 7.30. The van der Waals surface area contributed by atoms with E-state index in [-0.39, 0.29) is 0 Å². The van der Waals surface area contributed by atoms with E-state index in [2.05, 4.69) is 69.5 Å². The number of likely N-dealkylation sites (tertiary alicyclic amines) is 1. The predicted octanol–water partition coefficient (Wildman–Crippen LogP) is 7.11. The molecule has 3 heteroatoms. The second-order valence-corrected chi connectivity index (χ2v) is 9.22. The monoisotopic (exact) mass is 423 g/mol. The van der Waals surface area contributed by atoms with Gasteiger partial charge in [0.05, 0.1) is 11.0 Å². The fourth-order valence-electron chi connectivity index (χ4n) is 5.67. The summed E-state index contributed by atoms with van der Waals surface area (Å²) >= 11 is 0. The molecule has 2 fully saturated rings. The van der Waals surface area contributed by atoms with E-state index in [1.165, 1.54) is 64.5 Å². The molecule has 0 spiro atoms. The van der Waals surface area contributed by atoms with Crippen molar-refractivity contribution in [2.24, 2.45) is 0 Å². The van der Waals surface area contributed by atoms with Crippen LogP contribution in [0.25, 0.3) is 21.8 Å². The van der Waals surface area contributed by atoms with Crippen molar-refractivity contribution in [2.45, 2.75) is 56.9 Å². The second-order valence-electron chi connectivity index (χ2n) is 9.22. The fourth-order valence-corrected chi connectivity index (χ4v) is 5.67. The molecule has 1 saturated heterocycles. The fraction of sp³-hybridized carbons (Fsp3) is 0.379. The van der Waals surface area contributed by atoms with Gasteiger partial charge in [0.25, 0.3) is 0 Å². The normalized spacial score (nSPS) is 18.8. The van der Waals surface area contributed by atoms with Crippen molar-refractivity contribution < 1.29 is 0 Å². The Labute approximate surface area is 191 Å². The number of rotatable bonds is 2. The van der Waals surface area contributed by atoms with Crippen molar-refractivity contribution in [3.63, 3.8) is 0 Å². The molecule has 2 aliphatic rings. The quantitative estimate of drug-likeness (QED) is 0.322. The van der Waals surface area contributed by atoms with Gasteiger partial charge in [-0.15, -0.1) is 0 Å². The third-order valence-electron chi connectivity index (χ3n) is 7.30. The highest BCUT2D eigenvalue weighted by Gasteiger charge is 2.39. The van der Waals surface area contributed by atoms with Crippen molar-refractivity contribution in [3.8, 4) is 0 Å². The molecular formula is C29H33N3. The number of nitrogens with zero attached hydrogens (tertiary/aromatic N) is 3. The van der Waals surface area contributed by atoms with Gasteiger partial charge in [-0.3, -0.25) is 14.9 Å². The molecule has 0 atom stereocenters. The van der Waals surface area contributed by atoms with Gasteiger partial charge < -0.3 is 0 Å². The summed E-state index contributed by atoms with van der Waals surface area (Å²) in [6, 6.07) is 23.4. The molecule has 0 radical (unpaired) electrons. The zero-order chi connectivity index (χ0) is 21.6. The minimum Gasteiger partial charge on any atom is -0.294 e. The van der Waals surface area contributed by atoms with Gasteiger partial charge >= 0.3 is 0 Å². The van der Waals surface area contributed by atoms with E-state index >= 15 is 0 Å². The molecule has 6 rings (SSSR count). The number of benzene rings is 2. The zero-order valence-electron chi connectivity index (χ0n) is 18.9. The van der Waals surface area contributed by atoms with Crippen molar-refractivity contribution in [1.29, 1.82) is 0 Å². The largest absolute Gasteiger partial charge is 0.294 e. The number of aromatic nitrogens is 2. The first-order valence-electron chi connectivity index (χ1n) is 12.3. The number of fused-ring (bicyclic) bond motifs is 3. The van der Waals surface area contributed by atoms with Gasteiger partial charge in [0.1, 0.15) is 0 Å². The van der Waals surface area contributed by atoms with Gasteiger partial charge in [-0.2, -0.15) is 0 Å². The van der Waals surface area contributed by atoms with Crippen LogP contribution in [0.1, 0.15) is 56.9 Å². The van der Waals surface area contributed by atoms with E-state index in [4.69, 9.17) is 0 Å². The molecule has 32 heavy (non-hydrogen) atoms. The summed E-state index contributed by atoms with van der Waals surface area (Å²) in [7, 11) is 0. The van der Waals surface area contributed by atoms with Crippen LogP contribution in [0.3, 0.4) is 0 Å². The highest BCUT2D eigenvalue weighted by molar-refractivity contribution is 6.02. The lowest BCUT2D eigenvalue weighted by molar-refractivity contribution is 0.0303. The molecule has 2 aromatic carbocycles. The van der Waals surface area contributed by atoms with Crippen LogP contribution < -0.4 is 0 Å². The van der Waals surface area contributed by atoms with Crippen molar-refractivity contribution in [1.82, 2.24) is 14.9 Å². The van der Waals surface area contributed by atoms with Gasteiger partial charge in [0.15, 0.2) is 0 Å². The maximum atomic E-state index is 4.35. The summed E-state index contributed by atoms with van der Waals surface area (Å²) in [4.78, 5) is 11.5. The molecule has 1 saturated carbocycles.